The van der Waals surface area contributed by atoms with E-state index in [0.717, 1.165) is 5.52 Å². The van der Waals surface area contributed by atoms with E-state index < -0.39 is 0 Å². The molecular formula is C15H13BrFN3O. The highest BCUT2D eigenvalue weighted by atomic mass is 79.9. The second-order valence-corrected chi connectivity index (χ2v) is 5.32. The molecule has 0 unspecified atom stereocenters. The molecule has 4 nitrogen and oxygen atoms in total. The second kappa shape index (κ2) is 5.37. The first kappa shape index (κ1) is 13.9. The fraction of sp³-hybridized carbons (Fsp3) is 0.133. The molecule has 0 saturated carbocycles. The van der Waals surface area contributed by atoms with Gasteiger partial charge in [0, 0.05) is 0 Å². The molecule has 21 heavy (non-hydrogen) atoms. The first-order valence-corrected chi connectivity index (χ1v) is 7.26. The number of hydrogen-bond donors (Lipinski definition) is 1. The third-order valence-electron chi connectivity index (χ3n) is 3.14. The van der Waals surface area contributed by atoms with Gasteiger partial charge < -0.3 is 10.5 Å². The van der Waals surface area contributed by atoms with E-state index in [9.17, 15) is 4.39 Å². The van der Waals surface area contributed by atoms with Crippen molar-refractivity contribution in [3.05, 3.63) is 46.7 Å². The van der Waals surface area contributed by atoms with E-state index in [1.165, 1.54) is 6.07 Å². The SMILES string of the molecule is CCOc1cccc2c1nc(N)n2-c1ccc(Br)c(F)c1. The summed E-state index contributed by atoms with van der Waals surface area (Å²) in [5.41, 5.74) is 8.06. The Balaban J connectivity index is 2.25. The first-order chi connectivity index (χ1) is 10.1. The molecule has 3 aromatic rings. The minimum absolute atomic E-state index is 0.291. The number of nitrogen functional groups attached to an aromatic ring is 1. The van der Waals surface area contributed by atoms with E-state index in [0.29, 0.717) is 34.0 Å². The molecule has 1 aromatic heterocycles. The first-order valence-electron chi connectivity index (χ1n) is 6.47. The van der Waals surface area contributed by atoms with Crippen LogP contribution in [0.4, 0.5) is 10.3 Å². The summed E-state index contributed by atoms with van der Waals surface area (Å²) in [6.07, 6.45) is 0. The van der Waals surface area contributed by atoms with Crippen molar-refractivity contribution < 1.29 is 9.13 Å². The molecule has 0 aliphatic heterocycles. The van der Waals surface area contributed by atoms with Crippen molar-refractivity contribution in [3.63, 3.8) is 0 Å². The predicted molar refractivity (Wildman–Crippen MR) is 84.3 cm³/mol. The molecule has 0 fully saturated rings. The lowest BCUT2D eigenvalue weighted by Crippen LogP contribution is -2.01. The van der Waals surface area contributed by atoms with Gasteiger partial charge in [-0.2, -0.15) is 0 Å². The van der Waals surface area contributed by atoms with Gasteiger partial charge in [-0.15, -0.1) is 0 Å². The van der Waals surface area contributed by atoms with Crippen molar-refractivity contribution in [2.24, 2.45) is 0 Å². The lowest BCUT2D eigenvalue weighted by Gasteiger charge is -2.08. The standard InChI is InChI=1S/C15H13BrFN3O/c1-2-21-13-5-3-4-12-14(13)19-15(18)20(12)9-6-7-10(16)11(17)8-9/h3-8H,2H2,1H3,(H2,18,19). The van der Waals surface area contributed by atoms with E-state index in [1.54, 1.807) is 16.7 Å². The zero-order valence-electron chi connectivity index (χ0n) is 11.3. The second-order valence-electron chi connectivity index (χ2n) is 4.46. The van der Waals surface area contributed by atoms with Gasteiger partial charge in [-0.1, -0.05) is 6.07 Å². The van der Waals surface area contributed by atoms with Crippen molar-refractivity contribution in [1.29, 1.82) is 0 Å². The maximum Gasteiger partial charge on any atom is 0.206 e. The summed E-state index contributed by atoms with van der Waals surface area (Å²) < 4.78 is 21.4. The van der Waals surface area contributed by atoms with E-state index in [1.807, 2.05) is 25.1 Å². The molecule has 2 aromatic carbocycles. The van der Waals surface area contributed by atoms with E-state index >= 15 is 0 Å². The molecule has 6 heteroatoms. The van der Waals surface area contributed by atoms with Gasteiger partial charge in [0.2, 0.25) is 5.95 Å². The van der Waals surface area contributed by atoms with Crippen LogP contribution in [-0.2, 0) is 0 Å². The molecule has 108 valence electrons. The van der Waals surface area contributed by atoms with Crippen LogP contribution in [0.15, 0.2) is 40.9 Å². The number of aromatic nitrogens is 2. The van der Waals surface area contributed by atoms with Crippen molar-refractivity contribution in [2.75, 3.05) is 12.3 Å². The Morgan fingerprint density at radius 1 is 1.33 bits per heavy atom. The number of ether oxygens (including phenoxy) is 1. The van der Waals surface area contributed by atoms with Gasteiger partial charge in [0.1, 0.15) is 17.1 Å². The molecule has 3 rings (SSSR count). The molecular weight excluding hydrogens is 337 g/mol. The van der Waals surface area contributed by atoms with Crippen molar-refractivity contribution in [3.8, 4) is 11.4 Å². The Morgan fingerprint density at radius 2 is 2.14 bits per heavy atom. The van der Waals surface area contributed by atoms with Gasteiger partial charge in [-0.25, -0.2) is 9.37 Å². The largest absolute Gasteiger partial charge is 0.492 e. The zero-order chi connectivity index (χ0) is 15.0. The summed E-state index contributed by atoms with van der Waals surface area (Å²) in [5.74, 6) is 0.603. The molecule has 1 heterocycles. The molecule has 2 N–H and O–H groups in total. The van der Waals surface area contributed by atoms with Crippen molar-refractivity contribution in [1.82, 2.24) is 9.55 Å². The summed E-state index contributed by atoms with van der Waals surface area (Å²) in [6, 6.07) is 10.4. The number of fused-ring (bicyclic) bond motifs is 1. The van der Waals surface area contributed by atoms with Crippen LogP contribution < -0.4 is 10.5 Å². The molecule has 0 atom stereocenters. The van der Waals surface area contributed by atoms with E-state index in [2.05, 4.69) is 20.9 Å². The average molecular weight is 350 g/mol. The number of nitrogens with two attached hydrogens (primary N) is 1. The Hall–Kier alpha value is -2.08. The normalized spacial score (nSPS) is 11.0. The van der Waals surface area contributed by atoms with Crippen molar-refractivity contribution >= 4 is 32.9 Å². The number of rotatable bonds is 3. The molecule has 0 spiro atoms. The highest BCUT2D eigenvalue weighted by molar-refractivity contribution is 9.10. The molecule has 0 amide bonds. The number of benzene rings is 2. The third kappa shape index (κ3) is 2.35. The van der Waals surface area contributed by atoms with Crippen LogP contribution in [0.5, 0.6) is 5.75 Å². The third-order valence-corrected chi connectivity index (χ3v) is 3.78. The van der Waals surface area contributed by atoms with Gasteiger partial charge in [0.15, 0.2) is 0 Å². The molecule has 0 saturated heterocycles. The zero-order valence-corrected chi connectivity index (χ0v) is 12.9. The number of halogens is 2. The fourth-order valence-electron chi connectivity index (χ4n) is 2.26. The number of para-hydroxylation sites is 1. The summed E-state index contributed by atoms with van der Waals surface area (Å²) in [4.78, 5) is 4.34. The van der Waals surface area contributed by atoms with Crippen LogP contribution in [0.1, 0.15) is 6.92 Å². The van der Waals surface area contributed by atoms with Crippen LogP contribution in [0, 0.1) is 5.82 Å². The molecule has 0 aliphatic rings. The van der Waals surface area contributed by atoms with Gasteiger partial charge in [-0.05, 0) is 53.2 Å². The van der Waals surface area contributed by atoms with E-state index in [-0.39, 0.29) is 5.82 Å². The van der Waals surface area contributed by atoms with Gasteiger partial charge in [-0.3, -0.25) is 4.57 Å². The van der Waals surface area contributed by atoms with E-state index in [4.69, 9.17) is 10.5 Å². The highest BCUT2D eigenvalue weighted by Gasteiger charge is 2.14. The Kier molecular flexibility index (Phi) is 3.55. The monoisotopic (exact) mass is 349 g/mol. The highest BCUT2D eigenvalue weighted by Crippen LogP contribution is 2.30. The Labute approximate surface area is 129 Å². The van der Waals surface area contributed by atoms with Gasteiger partial charge in [0.25, 0.3) is 0 Å². The van der Waals surface area contributed by atoms with Crippen LogP contribution in [-0.4, -0.2) is 16.2 Å². The van der Waals surface area contributed by atoms with Gasteiger partial charge >= 0.3 is 0 Å². The predicted octanol–water partition coefficient (Wildman–Crippen LogP) is 3.91. The summed E-state index contributed by atoms with van der Waals surface area (Å²) in [6.45, 7) is 2.45. The number of nitrogens with zero attached hydrogens (tertiary/aromatic N) is 2. The average Bonchev–Trinajstić information content (AvgIpc) is 2.80. The Bertz CT molecular complexity index is 816. The maximum atomic E-state index is 13.8. The molecule has 0 radical (unpaired) electrons. The summed E-state index contributed by atoms with van der Waals surface area (Å²) in [7, 11) is 0. The molecule has 0 bridgehead atoms. The number of imidazole rings is 1. The minimum atomic E-state index is -0.352. The lowest BCUT2D eigenvalue weighted by molar-refractivity contribution is 0.344. The number of hydrogen-bond acceptors (Lipinski definition) is 3. The maximum absolute atomic E-state index is 13.8. The summed E-state index contributed by atoms with van der Waals surface area (Å²) in [5, 5.41) is 0. The quantitative estimate of drug-likeness (QED) is 0.779. The van der Waals surface area contributed by atoms with Crippen LogP contribution in [0.3, 0.4) is 0 Å². The minimum Gasteiger partial charge on any atom is -0.492 e. The molecule has 0 aliphatic carbocycles. The number of anilines is 1. The smallest absolute Gasteiger partial charge is 0.206 e. The van der Waals surface area contributed by atoms with Gasteiger partial charge in [0.05, 0.1) is 22.3 Å². The lowest BCUT2D eigenvalue weighted by atomic mass is 10.2. The van der Waals surface area contributed by atoms with Crippen LogP contribution in [0.25, 0.3) is 16.7 Å². The summed E-state index contributed by atoms with van der Waals surface area (Å²) >= 11 is 3.14. The topological polar surface area (TPSA) is 53.1 Å². The van der Waals surface area contributed by atoms with Crippen molar-refractivity contribution in [2.45, 2.75) is 6.92 Å². The van der Waals surface area contributed by atoms with Crippen LogP contribution in [0.2, 0.25) is 0 Å². The van der Waals surface area contributed by atoms with Crippen LogP contribution >= 0.6 is 15.9 Å². The fourth-order valence-corrected chi connectivity index (χ4v) is 2.51. The Morgan fingerprint density at radius 3 is 2.86 bits per heavy atom.